The number of carbonyl (C=O) groups is 1. The van der Waals surface area contributed by atoms with E-state index >= 15 is 0 Å². The molecule has 1 saturated carbocycles. The molecule has 1 saturated heterocycles. The number of carbonyl (C=O) groups excluding carboxylic acids is 1. The average molecular weight is 260 g/mol. The molecular formula is C14H20N4O. The topological polar surface area (TPSA) is 57.3 Å². The third kappa shape index (κ3) is 2.87. The summed E-state index contributed by atoms with van der Waals surface area (Å²) < 4.78 is 0. The summed E-state index contributed by atoms with van der Waals surface area (Å²) in [6, 6.07) is 4.62. The van der Waals surface area contributed by atoms with Crippen LogP contribution in [0, 0.1) is 0 Å². The smallest absolute Gasteiger partial charge is 0.251 e. The number of amides is 1. The first-order valence-electron chi connectivity index (χ1n) is 6.95. The average Bonchev–Trinajstić information content (AvgIpc) is 3.19. The Hall–Kier alpha value is -1.62. The van der Waals surface area contributed by atoms with Crippen LogP contribution in [0.5, 0.6) is 0 Å². The van der Waals surface area contributed by atoms with E-state index in [-0.39, 0.29) is 5.91 Å². The van der Waals surface area contributed by atoms with Gasteiger partial charge in [0, 0.05) is 44.0 Å². The van der Waals surface area contributed by atoms with Gasteiger partial charge in [0.2, 0.25) is 0 Å². The van der Waals surface area contributed by atoms with E-state index in [9.17, 15) is 4.79 Å². The molecule has 5 nitrogen and oxygen atoms in total. The standard InChI is InChI=1S/C14H20N4O/c1-15-13-8-10(4-6-16-13)14(19)17-11-5-7-18(9-11)12-2-3-12/h4,6,8,11-12H,2-3,5,7,9H2,1H3,(H,15,16)(H,17,19). The van der Waals surface area contributed by atoms with Crippen LogP contribution in [0.15, 0.2) is 18.3 Å². The normalized spacial score (nSPS) is 23.3. The summed E-state index contributed by atoms with van der Waals surface area (Å²) in [6.07, 6.45) is 5.38. The number of likely N-dealkylation sites (tertiary alicyclic amines) is 1. The molecule has 0 bridgehead atoms. The molecule has 2 fully saturated rings. The molecule has 2 N–H and O–H groups in total. The fourth-order valence-corrected chi connectivity index (χ4v) is 2.65. The molecular weight excluding hydrogens is 240 g/mol. The Balaban J connectivity index is 1.58. The lowest BCUT2D eigenvalue weighted by atomic mass is 10.2. The van der Waals surface area contributed by atoms with Gasteiger partial charge in [0.05, 0.1) is 0 Å². The molecule has 1 atom stereocenters. The van der Waals surface area contributed by atoms with Crippen molar-refractivity contribution in [2.45, 2.75) is 31.3 Å². The zero-order chi connectivity index (χ0) is 13.2. The first kappa shape index (κ1) is 12.4. The van der Waals surface area contributed by atoms with Gasteiger partial charge < -0.3 is 10.6 Å². The number of pyridine rings is 1. The van der Waals surface area contributed by atoms with E-state index < -0.39 is 0 Å². The largest absolute Gasteiger partial charge is 0.373 e. The van der Waals surface area contributed by atoms with Gasteiger partial charge in [-0.2, -0.15) is 0 Å². The molecule has 0 radical (unpaired) electrons. The molecule has 5 heteroatoms. The highest BCUT2D eigenvalue weighted by atomic mass is 16.1. The molecule has 0 spiro atoms. The van der Waals surface area contributed by atoms with Crippen LogP contribution in [0.1, 0.15) is 29.6 Å². The second-order valence-corrected chi connectivity index (χ2v) is 5.36. The van der Waals surface area contributed by atoms with E-state index in [0.717, 1.165) is 31.4 Å². The van der Waals surface area contributed by atoms with E-state index in [4.69, 9.17) is 0 Å². The fraction of sp³-hybridized carbons (Fsp3) is 0.571. The number of anilines is 1. The maximum atomic E-state index is 12.2. The molecule has 2 heterocycles. The van der Waals surface area contributed by atoms with Crippen molar-refractivity contribution in [2.75, 3.05) is 25.5 Å². The SMILES string of the molecule is CNc1cc(C(=O)NC2CCN(C3CC3)C2)ccn1. The molecule has 2 aliphatic rings. The summed E-state index contributed by atoms with van der Waals surface area (Å²) in [6.45, 7) is 2.12. The molecule has 1 amide bonds. The summed E-state index contributed by atoms with van der Waals surface area (Å²) in [7, 11) is 1.80. The predicted molar refractivity (Wildman–Crippen MR) is 74.2 cm³/mol. The van der Waals surface area contributed by atoms with Crippen LogP contribution in [0.3, 0.4) is 0 Å². The predicted octanol–water partition coefficient (Wildman–Crippen LogP) is 1.09. The number of hydrogen-bond donors (Lipinski definition) is 2. The van der Waals surface area contributed by atoms with Crippen molar-refractivity contribution in [2.24, 2.45) is 0 Å². The molecule has 19 heavy (non-hydrogen) atoms. The number of hydrogen-bond acceptors (Lipinski definition) is 4. The molecule has 1 unspecified atom stereocenters. The number of nitrogens with one attached hydrogen (secondary N) is 2. The molecule has 1 aromatic heterocycles. The third-order valence-corrected chi connectivity index (χ3v) is 3.90. The third-order valence-electron chi connectivity index (χ3n) is 3.90. The van der Waals surface area contributed by atoms with E-state index in [1.54, 1.807) is 25.4 Å². The Morgan fingerprint density at radius 3 is 3.00 bits per heavy atom. The Kier molecular flexibility index (Phi) is 3.38. The van der Waals surface area contributed by atoms with Gasteiger partial charge in [0.1, 0.15) is 5.82 Å². The van der Waals surface area contributed by atoms with Gasteiger partial charge in [-0.1, -0.05) is 0 Å². The van der Waals surface area contributed by atoms with E-state index in [1.165, 1.54) is 12.8 Å². The second kappa shape index (κ2) is 5.17. The molecule has 1 aliphatic heterocycles. The number of aromatic nitrogens is 1. The van der Waals surface area contributed by atoms with E-state index in [1.807, 2.05) is 0 Å². The van der Waals surface area contributed by atoms with Crippen molar-refractivity contribution in [3.63, 3.8) is 0 Å². The fourth-order valence-electron chi connectivity index (χ4n) is 2.65. The minimum Gasteiger partial charge on any atom is -0.373 e. The van der Waals surface area contributed by atoms with Gasteiger partial charge in [-0.3, -0.25) is 9.69 Å². The van der Waals surface area contributed by atoms with Crippen LogP contribution in [0.4, 0.5) is 5.82 Å². The highest BCUT2D eigenvalue weighted by molar-refractivity contribution is 5.95. The number of nitrogens with zero attached hydrogens (tertiary/aromatic N) is 2. The zero-order valence-electron chi connectivity index (χ0n) is 11.2. The van der Waals surface area contributed by atoms with Crippen LogP contribution >= 0.6 is 0 Å². The molecule has 1 aliphatic carbocycles. The first-order chi connectivity index (χ1) is 9.26. The summed E-state index contributed by atoms with van der Waals surface area (Å²) in [5.74, 6) is 0.722. The molecule has 1 aromatic rings. The van der Waals surface area contributed by atoms with Gasteiger partial charge in [0.25, 0.3) is 5.91 Å². The number of rotatable bonds is 4. The minimum absolute atomic E-state index is 0.00143. The van der Waals surface area contributed by atoms with Gasteiger partial charge in [-0.15, -0.1) is 0 Å². The highest BCUT2D eigenvalue weighted by Gasteiger charge is 2.34. The molecule has 102 valence electrons. The van der Waals surface area contributed by atoms with Crippen LogP contribution in [0.2, 0.25) is 0 Å². The van der Waals surface area contributed by atoms with E-state index in [0.29, 0.717) is 11.6 Å². The zero-order valence-corrected chi connectivity index (χ0v) is 11.2. The quantitative estimate of drug-likeness (QED) is 0.851. The Labute approximate surface area is 113 Å². The first-order valence-corrected chi connectivity index (χ1v) is 6.95. The van der Waals surface area contributed by atoms with E-state index in [2.05, 4.69) is 20.5 Å². The minimum atomic E-state index is 0.00143. The van der Waals surface area contributed by atoms with Crippen molar-refractivity contribution in [3.05, 3.63) is 23.9 Å². The second-order valence-electron chi connectivity index (χ2n) is 5.36. The summed E-state index contributed by atoms with van der Waals surface area (Å²) >= 11 is 0. The highest BCUT2D eigenvalue weighted by Crippen LogP contribution is 2.29. The van der Waals surface area contributed by atoms with Crippen molar-refractivity contribution in [1.29, 1.82) is 0 Å². The van der Waals surface area contributed by atoms with Crippen LogP contribution in [-0.2, 0) is 0 Å². The summed E-state index contributed by atoms with van der Waals surface area (Å²) in [5.41, 5.74) is 0.671. The summed E-state index contributed by atoms with van der Waals surface area (Å²) in [5, 5.41) is 6.07. The van der Waals surface area contributed by atoms with Crippen LogP contribution < -0.4 is 10.6 Å². The lowest BCUT2D eigenvalue weighted by Gasteiger charge is -2.15. The van der Waals surface area contributed by atoms with Gasteiger partial charge in [0.15, 0.2) is 0 Å². The van der Waals surface area contributed by atoms with Crippen molar-refractivity contribution >= 4 is 11.7 Å². The molecule has 0 aromatic carbocycles. The van der Waals surface area contributed by atoms with Crippen LogP contribution in [-0.4, -0.2) is 48.0 Å². The molecule has 3 rings (SSSR count). The van der Waals surface area contributed by atoms with Crippen molar-refractivity contribution in [1.82, 2.24) is 15.2 Å². The maximum absolute atomic E-state index is 12.2. The maximum Gasteiger partial charge on any atom is 0.251 e. The Morgan fingerprint density at radius 2 is 2.26 bits per heavy atom. The van der Waals surface area contributed by atoms with Gasteiger partial charge >= 0.3 is 0 Å². The monoisotopic (exact) mass is 260 g/mol. The van der Waals surface area contributed by atoms with Crippen molar-refractivity contribution in [3.8, 4) is 0 Å². The lowest BCUT2D eigenvalue weighted by molar-refractivity contribution is 0.0937. The van der Waals surface area contributed by atoms with Crippen LogP contribution in [0.25, 0.3) is 0 Å². The van der Waals surface area contributed by atoms with Gasteiger partial charge in [-0.25, -0.2) is 4.98 Å². The Bertz CT molecular complexity index is 472. The Morgan fingerprint density at radius 1 is 1.42 bits per heavy atom. The van der Waals surface area contributed by atoms with Gasteiger partial charge in [-0.05, 0) is 31.4 Å². The summed E-state index contributed by atoms with van der Waals surface area (Å²) in [4.78, 5) is 18.8. The lowest BCUT2D eigenvalue weighted by Crippen LogP contribution is -2.37. The van der Waals surface area contributed by atoms with Crippen molar-refractivity contribution < 1.29 is 4.79 Å².